The summed E-state index contributed by atoms with van der Waals surface area (Å²) in [6.45, 7) is 0. The van der Waals surface area contributed by atoms with E-state index in [1.54, 1.807) is 0 Å². The van der Waals surface area contributed by atoms with Crippen molar-refractivity contribution in [2.24, 2.45) is 0 Å². The highest BCUT2D eigenvalue weighted by atomic mass is 16.1. The van der Waals surface area contributed by atoms with Crippen molar-refractivity contribution in [2.45, 2.75) is 38.5 Å². The van der Waals surface area contributed by atoms with Gasteiger partial charge in [0.25, 0.3) is 0 Å². The number of carbonyl (C=O) groups is 2. The Morgan fingerprint density at radius 3 is 2.58 bits per heavy atom. The molecular formula is C10H12O2. The van der Waals surface area contributed by atoms with E-state index in [9.17, 15) is 9.59 Å². The molecule has 2 aliphatic carbocycles. The summed E-state index contributed by atoms with van der Waals surface area (Å²) in [5.41, 5.74) is 2.13. The lowest BCUT2D eigenvalue weighted by Crippen LogP contribution is -2.19. The Morgan fingerprint density at radius 1 is 0.917 bits per heavy atom. The molecule has 12 heavy (non-hydrogen) atoms. The number of allylic oxidation sites excluding steroid dienone is 2. The minimum Gasteiger partial charge on any atom is -0.299 e. The number of hydrogen-bond donors (Lipinski definition) is 0. The highest BCUT2D eigenvalue weighted by Gasteiger charge is 2.25. The average Bonchev–Trinajstić information content (AvgIpc) is 2.07. The summed E-state index contributed by atoms with van der Waals surface area (Å²) in [5.74, 6) is 0.466. The molecule has 0 unspecified atom stereocenters. The van der Waals surface area contributed by atoms with E-state index in [-0.39, 0.29) is 11.6 Å². The first-order chi connectivity index (χ1) is 5.77. The maximum Gasteiger partial charge on any atom is 0.159 e. The van der Waals surface area contributed by atoms with Gasteiger partial charge in [-0.3, -0.25) is 9.59 Å². The van der Waals surface area contributed by atoms with Crippen molar-refractivity contribution in [3.8, 4) is 0 Å². The fourth-order valence-electron chi connectivity index (χ4n) is 2.04. The zero-order valence-corrected chi connectivity index (χ0v) is 7.06. The number of Topliss-reactive ketones (excluding diaryl/α,β-unsaturated/α-hetero) is 2. The van der Waals surface area contributed by atoms with Crippen molar-refractivity contribution in [3.05, 3.63) is 11.1 Å². The van der Waals surface area contributed by atoms with Crippen molar-refractivity contribution in [3.63, 3.8) is 0 Å². The molecule has 0 fully saturated rings. The third-order valence-electron chi connectivity index (χ3n) is 2.73. The molecule has 2 aliphatic rings. The Morgan fingerprint density at radius 2 is 1.75 bits per heavy atom. The fourth-order valence-corrected chi connectivity index (χ4v) is 2.04. The standard InChI is InChI=1S/C10H12O2/c11-8-5-4-7-2-1-3-10(12)9(7)6-8/h1-6H2. The minimum atomic E-state index is 0.226. The normalized spacial score (nSPS) is 24.3. The van der Waals surface area contributed by atoms with Crippen molar-refractivity contribution in [1.82, 2.24) is 0 Å². The van der Waals surface area contributed by atoms with Crippen LogP contribution in [-0.2, 0) is 9.59 Å². The van der Waals surface area contributed by atoms with Gasteiger partial charge in [0.05, 0.1) is 0 Å². The molecule has 0 aromatic rings. The Hall–Kier alpha value is -0.920. The van der Waals surface area contributed by atoms with Gasteiger partial charge in [0.2, 0.25) is 0 Å². The monoisotopic (exact) mass is 164 g/mol. The Kier molecular flexibility index (Phi) is 1.83. The quantitative estimate of drug-likeness (QED) is 0.547. The van der Waals surface area contributed by atoms with Gasteiger partial charge in [0.15, 0.2) is 5.78 Å². The Balaban J connectivity index is 2.31. The van der Waals surface area contributed by atoms with Gasteiger partial charge in [-0.25, -0.2) is 0 Å². The molecule has 0 saturated heterocycles. The second-order valence-electron chi connectivity index (χ2n) is 3.57. The van der Waals surface area contributed by atoms with Gasteiger partial charge in [-0.05, 0) is 19.3 Å². The topological polar surface area (TPSA) is 34.1 Å². The fraction of sp³-hybridized carbons (Fsp3) is 0.600. The molecular weight excluding hydrogens is 152 g/mol. The predicted octanol–water partition coefficient (Wildman–Crippen LogP) is 1.79. The van der Waals surface area contributed by atoms with Crippen LogP contribution in [0.25, 0.3) is 0 Å². The van der Waals surface area contributed by atoms with Crippen LogP contribution < -0.4 is 0 Å². The summed E-state index contributed by atoms with van der Waals surface area (Å²) in [4.78, 5) is 22.4. The molecule has 0 radical (unpaired) electrons. The Labute approximate surface area is 71.6 Å². The molecule has 0 aliphatic heterocycles. The highest BCUT2D eigenvalue weighted by molar-refractivity contribution is 6.02. The van der Waals surface area contributed by atoms with E-state index in [1.165, 1.54) is 5.57 Å². The van der Waals surface area contributed by atoms with Gasteiger partial charge in [-0.15, -0.1) is 0 Å². The molecule has 2 heteroatoms. The number of rotatable bonds is 0. The zero-order valence-electron chi connectivity index (χ0n) is 7.06. The summed E-state index contributed by atoms with van der Waals surface area (Å²) >= 11 is 0. The molecule has 0 atom stereocenters. The van der Waals surface area contributed by atoms with Crippen LogP contribution in [0.4, 0.5) is 0 Å². The molecule has 2 rings (SSSR count). The molecule has 0 N–H and O–H groups in total. The zero-order chi connectivity index (χ0) is 8.55. The Bertz CT molecular complexity index is 274. The van der Waals surface area contributed by atoms with Gasteiger partial charge in [-0.2, -0.15) is 0 Å². The largest absolute Gasteiger partial charge is 0.299 e. The molecule has 0 aromatic heterocycles. The number of ketones is 2. The molecule has 0 spiro atoms. The van der Waals surface area contributed by atoms with E-state index < -0.39 is 0 Å². The van der Waals surface area contributed by atoms with Crippen LogP contribution in [0.3, 0.4) is 0 Å². The third kappa shape index (κ3) is 1.22. The van der Waals surface area contributed by atoms with Crippen molar-refractivity contribution in [1.29, 1.82) is 0 Å². The third-order valence-corrected chi connectivity index (χ3v) is 2.73. The molecule has 0 saturated carbocycles. The molecule has 0 heterocycles. The van der Waals surface area contributed by atoms with Crippen molar-refractivity contribution >= 4 is 11.6 Å². The number of carbonyl (C=O) groups excluding carboxylic acids is 2. The van der Waals surface area contributed by atoms with Gasteiger partial charge in [-0.1, -0.05) is 5.57 Å². The van der Waals surface area contributed by atoms with Crippen molar-refractivity contribution in [2.75, 3.05) is 0 Å². The van der Waals surface area contributed by atoms with Gasteiger partial charge in [0.1, 0.15) is 5.78 Å². The SMILES string of the molecule is O=C1CCC2=C(C1)C(=O)CCC2. The minimum absolute atomic E-state index is 0.226. The van der Waals surface area contributed by atoms with E-state index in [4.69, 9.17) is 0 Å². The lowest BCUT2D eigenvalue weighted by Gasteiger charge is -2.22. The van der Waals surface area contributed by atoms with E-state index in [2.05, 4.69) is 0 Å². The van der Waals surface area contributed by atoms with Crippen LogP contribution in [0.15, 0.2) is 11.1 Å². The lowest BCUT2D eigenvalue weighted by molar-refractivity contribution is -0.122. The summed E-state index contributed by atoms with van der Waals surface area (Å²) in [6.07, 6.45) is 4.63. The maximum absolute atomic E-state index is 11.4. The van der Waals surface area contributed by atoms with E-state index in [1.807, 2.05) is 0 Å². The van der Waals surface area contributed by atoms with Crippen molar-refractivity contribution < 1.29 is 9.59 Å². The first-order valence-corrected chi connectivity index (χ1v) is 4.53. The van der Waals surface area contributed by atoms with E-state index in [0.717, 1.165) is 24.8 Å². The van der Waals surface area contributed by atoms with Crippen LogP contribution in [0.2, 0.25) is 0 Å². The molecule has 64 valence electrons. The van der Waals surface area contributed by atoms with Crippen LogP contribution in [0.5, 0.6) is 0 Å². The van der Waals surface area contributed by atoms with E-state index in [0.29, 0.717) is 19.3 Å². The van der Waals surface area contributed by atoms with Crippen LogP contribution in [0.1, 0.15) is 38.5 Å². The van der Waals surface area contributed by atoms with E-state index >= 15 is 0 Å². The summed E-state index contributed by atoms with van der Waals surface area (Å²) in [7, 11) is 0. The second-order valence-corrected chi connectivity index (χ2v) is 3.57. The van der Waals surface area contributed by atoms with Gasteiger partial charge < -0.3 is 0 Å². The molecule has 0 bridgehead atoms. The highest BCUT2D eigenvalue weighted by Crippen LogP contribution is 2.31. The maximum atomic E-state index is 11.4. The van der Waals surface area contributed by atoms with Crippen LogP contribution in [-0.4, -0.2) is 11.6 Å². The first-order valence-electron chi connectivity index (χ1n) is 4.53. The second kappa shape index (κ2) is 2.85. The van der Waals surface area contributed by atoms with Crippen LogP contribution in [0, 0.1) is 0 Å². The number of hydrogen-bond acceptors (Lipinski definition) is 2. The van der Waals surface area contributed by atoms with Crippen LogP contribution >= 0.6 is 0 Å². The molecule has 2 nitrogen and oxygen atoms in total. The molecule has 0 aromatic carbocycles. The lowest BCUT2D eigenvalue weighted by atomic mass is 9.81. The predicted molar refractivity (Wildman–Crippen MR) is 44.7 cm³/mol. The first kappa shape index (κ1) is 7.71. The summed E-state index contributed by atoms with van der Waals surface area (Å²) < 4.78 is 0. The average molecular weight is 164 g/mol. The summed E-state index contributed by atoms with van der Waals surface area (Å²) in [6, 6.07) is 0. The molecule has 0 amide bonds. The van der Waals surface area contributed by atoms with Gasteiger partial charge >= 0.3 is 0 Å². The smallest absolute Gasteiger partial charge is 0.159 e. The summed E-state index contributed by atoms with van der Waals surface area (Å²) in [5, 5.41) is 0. The van der Waals surface area contributed by atoms with Gasteiger partial charge in [0, 0.05) is 24.8 Å².